The number of imidazole rings is 1. The van der Waals surface area contributed by atoms with E-state index in [1.807, 2.05) is 34.9 Å². The van der Waals surface area contributed by atoms with Crippen molar-refractivity contribution >= 4 is 22.8 Å². The van der Waals surface area contributed by atoms with E-state index in [1.165, 1.54) is 0 Å². The summed E-state index contributed by atoms with van der Waals surface area (Å²) in [7, 11) is 0. The number of nitrogens with one attached hydrogen (secondary N) is 1. The van der Waals surface area contributed by atoms with Crippen molar-refractivity contribution in [3.05, 3.63) is 66.0 Å². The number of aromatic nitrogens is 4. The monoisotopic (exact) mass is 415 g/mol. The fourth-order valence-electron chi connectivity index (χ4n) is 3.41. The molecule has 7 heteroatoms. The van der Waals surface area contributed by atoms with E-state index in [9.17, 15) is 9.90 Å². The lowest BCUT2D eigenvalue weighted by atomic mass is 10.1. The minimum atomic E-state index is 0.00222. The third-order valence-corrected chi connectivity index (χ3v) is 5.15. The van der Waals surface area contributed by atoms with Gasteiger partial charge in [-0.2, -0.15) is 0 Å². The summed E-state index contributed by atoms with van der Waals surface area (Å²) < 4.78 is 2.01. The lowest BCUT2D eigenvalue weighted by Crippen LogP contribution is -2.09. The lowest BCUT2D eigenvalue weighted by Gasteiger charge is -2.12. The van der Waals surface area contributed by atoms with Crippen LogP contribution in [-0.4, -0.2) is 37.0 Å². The van der Waals surface area contributed by atoms with Crippen LogP contribution in [0.25, 0.3) is 22.6 Å². The molecule has 0 bridgehead atoms. The van der Waals surface area contributed by atoms with E-state index in [1.54, 1.807) is 31.5 Å². The number of hydrogen-bond acceptors (Lipinski definition) is 6. The van der Waals surface area contributed by atoms with Gasteiger partial charge in [0.15, 0.2) is 23.1 Å². The largest absolute Gasteiger partial charge is 0.508 e. The molecule has 0 aliphatic heterocycles. The van der Waals surface area contributed by atoms with Crippen LogP contribution in [-0.2, 0) is 6.42 Å². The Hall–Kier alpha value is -3.74. The molecule has 0 atom stereocenters. The van der Waals surface area contributed by atoms with Crippen LogP contribution >= 0.6 is 0 Å². The van der Waals surface area contributed by atoms with Gasteiger partial charge in [-0.05, 0) is 51.0 Å². The van der Waals surface area contributed by atoms with Crippen LogP contribution in [0, 0.1) is 0 Å². The van der Waals surface area contributed by atoms with Gasteiger partial charge in [-0.25, -0.2) is 15.0 Å². The van der Waals surface area contributed by atoms with E-state index < -0.39 is 0 Å². The quantitative estimate of drug-likeness (QED) is 0.427. The minimum Gasteiger partial charge on any atom is -0.508 e. The van der Waals surface area contributed by atoms with Crippen molar-refractivity contribution in [2.75, 3.05) is 11.9 Å². The average Bonchev–Trinajstić information content (AvgIpc) is 3.20. The van der Waals surface area contributed by atoms with Gasteiger partial charge in [0, 0.05) is 23.7 Å². The number of phenolic OH excluding ortho intramolecular Hbond substituents is 1. The highest BCUT2D eigenvalue weighted by Crippen LogP contribution is 2.26. The highest BCUT2D eigenvalue weighted by molar-refractivity contribution is 5.95. The highest BCUT2D eigenvalue weighted by Gasteiger charge is 2.16. The molecule has 0 saturated carbocycles. The maximum absolute atomic E-state index is 11.8. The fraction of sp³-hybridized carbons (Fsp3) is 0.250. The summed E-state index contributed by atoms with van der Waals surface area (Å²) in [5.74, 6) is 1.46. The predicted molar refractivity (Wildman–Crippen MR) is 121 cm³/mol. The second-order valence-corrected chi connectivity index (χ2v) is 7.79. The van der Waals surface area contributed by atoms with Crippen molar-refractivity contribution in [3.8, 4) is 17.1 Å². The molecule has 4 aromatic rings. The molecular weight excluding hydrogens is 390 g/mol. The van der Waals surface area contributed by atoms with Gasteiger partial charge in [0.25, 0.3) is 0 Å². The Labute approximate surface area is 180 Å². The van der Waals surface area contributed by atoms with Crippen molar-refractivity contribution in [2.24, 2.45) is 0 Å². The van der Waals surface area contributed by atoms with Crippen molar-refractivity contribution in [1.29, 1.82) is 0 Å². The van der Waals surface area contributed by atoms with Gasteiger partial charge >= 0.3 is 0 Å². The Morgan fingerprint density at radius 3 is 2.61 bits per heavy atom. The topological polar surface area (TPSA) is 92.9 Å². The van der Waals surface area contributed by atoms with Crippen molar-refractivity contribution in [2.45, 2.75) is 33.2 Å². The fourth-order valence-corrected chi connectivity index (χ4v) is 3.41. The van der Waals surface area contributed by atoms with Gasteiger partial charge in [0.2, 0.25) is 0 Å². The minimum absolute atomic E-state index is 0.00222. The number of carbonyl (C=O) groups excluding carboxylic acids is 1. The first-order valence-corrected chi connectivity index (χ1v) is 10.3. The standard InChI is InChI=1S/C24H25N5O2/c1-15(2)29-14-26-21-23(25-12-11-17-7-9-20(31)10-8-17)27-22(28-24(21)29)19-6-4-5-18(13-19)16(3)30/h4-10,13-15,31H,11-12H2,1-3H3,(H,25,27,28). The van der Waals surface area contributed by atoms with Crippen LogP contribution in [0.15, 0.2) is 54.9 Å². The summed E-state index contributed by atoms with van der Waals surface area (Å²) in [5, 5.41) is 12.8. The molecule has 0 aliphatic rings. The van der Waals surface area contributed by atoms with E-state index in [0.717, 1.165) is 23.2 Å². The first kappa shape index (κ1) is 20.5. The van der Waals surface area contributed by atoms with Crippen LogP contribution in [0.2, 0.25) is 0 Å². The second kappa shape index (κ2) is 8.55. The number of rotatable bonds is 7. The zero-order valence-electron chi connectivity index (χ0n) is 17.8. The maximum atomic E-state index is 11.8. The SMILES string of the molecule is CC(=O)c1cccc(-c2nc(NCCc3ccc(O)cc3)c3ncn(C(C)C)c3n2)c1. The number of nitrogens with zero attached hydrogens (tertiary/aromatic N) is 4. The number of ketones is 1. The summed E-state index contributed by atoms with van der Waals surface area (Å²) in [6.45, 7) is 6.36. The normalized spacial score (nSPS) is 11.2. The lowest BCUT2D eigenvalue weighted by molar-refractivity contribution is 0.101. The van der Waals surface area contributed by atoms with Crippen LogP contribution < -0.4 is 5.32 Å². The Balaban J connectivity index is 1.70. The number of fused-ring (bicyclic) bond motifs is 1. The average molecular weight is 415 g/mol. The number of phenols is 1. The second-order valence-electron chi connectivity index (χ2n) is 7.79. The molecule has 2 heterocycles. The summed E-state index contributed by atoms with van der Waals surface area (Å²) in [4.78, 5) is 25.9. The van der Waals surface area contributed by atoms with E-state index in [4.69, 9.17) is 9.97 Å². The molecule has 0 fully saturated rings. The smallest absolute Gasteiger partial charge is 0.166 e. The van der Waals surface area contributed by atoms with Crippen molar-refractivity contribution < 1.29 is 9.90 Å². The zero-order chi connectivity index (χ0) is 22.0. The molecule has 0 saturated heterocycles. The Morgan fingerprint density at radius 2 is 1.90 bits per heavy atom. The summed E-state index contributed by atoms with van der Waals surface area (Å²) in [6, 6.07) is 14.7. The summed E-state index contributed by atoms with van der Waals surface area (Å²) in [5.41, 5.74) is 3.98. The Kier molecular flexibility index (Phi) is 5.66. The molecular formula is C24H25N5O2. The zero-order valence-corrected chi connectivity index (χ0v) is 17.8. The van der Waals surface area contributed by atoms with Gasteiger partial charge in [-0.15, -0.1) is 0 Å². The number of hydrogen-bond donors (Lipinski definition) is 2. The third-order valence-electron chi connectivity index (χ3n) is 5.15. The molecule has 158 valence electrons. The molecule has 2 aromatic heterocycles. The predicted octanol–water partition coefficient (Wildman–Crippen LogP) is 4.64. The Morgan fingerprint density at radius 1 is 1.13 bits per heavy atom. The third kappa shape index (κ3) is 4.40. The van der Waals surface area contributed by atoms with E-state index in [-0.39, 0.29) is 17.6 Å². The molecule has 7 nitrogen and oxygen atoms in total. The van der Waals surface area contributed by atoms with Crippen LogP contribution in [0.1, 0.15) is 42.7 Å². The van der Waals surface area contributed by atoms with Gasteiger partial charge in [0.1, 0.15) is 11.3 Å². The first-order valence-electron chi connectivity index (χ1n) is 10.3. The van der Waals surface area contributed by atoms with Gasteiger partial charge in [0.05, 0.1) is 6.33 Å². The van der Waals surface area contributed by atoms with Gasteiger partial charge in [-0.3, -0.25) is 4.79 Å². The molecule has 2 aromatic carbocycles. The van der Waals surface area contributed by atoms with Gasteiger partial charge in [-0.1, -0.05) is 30.3 Å². The van der Waals surface area contributed by atoms with Crippen molar-refractivity contribution in [3.63, 3.8) is 0 Å². The number of aromatic hydroxyl groups is 1. The molecule has 0 spiro atoms. The van der Waals surface area contributed by atoms with Crippen molar-refractivity contribution in [1.82, 2.24) is 19.5 Å². The Bertz CT molecular complexity index is 1230. The first-order chi connectivity index (χ1) is 14.9. The van der Waals surface area contributed by atoms with E-state index in [0.29, 0.717) is 29.3 Å². The van der Waals surface area contributed by atoms with E-state index >= 15 is 0 Å². The molecule has 0 unspecified atom stereocenters. The molecule has 0 radical (unpaired) electrons. The molecule has 31 heavy (non-hydrogen) atoms. The number of anilines is 1. The highest BCUT2D eigenvalue weighted by atomic mass is 16.3. The summed E-state index contributed by atoms with van der Waals surface area (Å²) >= 11 is 0. The van der Waals surface area contributed by atoms with E-state index in [2.05, 4.69) is 24.1 Å². The molecule has 0 aliphatic carbocycles. The molecule has 4 rings (SSSR count). The molecule has 0 amide bonds. The van der Waals surface area contributed by atoms with Crippen LogP contribution in [0.4, 0.5) is 5.82 Å². The number of Topliss-reactive ketones (excluding diaryl/α,β-unsaturated/α-hetero) is 1. The van der Waals surface area contributed by atoms with Gasteiger partial charge < -0.3 is 15.0 Å². The summed E-state index contributed by atoms with van der Waals surface area (Å²) in [6.07, 6.45) is 2.55. The maximum Gasteiger partial charge on any atom is 0.166 e. The van der Waals surface area contributed by atoms with Crippen LogP contribution in [0.5, 0.6) is 5.75 Å². The number of benzene rings is 2. The molecule has 2 N–H and O–H groups in total. The number of carbonyl (C=O) groups is 1. The van der Waals surface area contributed by atoms with Crippen LogP contribution in [0.3, 0.4) is 0 Å².